The molecule has 0 aromatic carbocycles. The Morgan fingerprint density at radius 2 is 2.45 bits per heavy atom. The van der Waals surface area contributed by atoms with E-state index in [0.29, 0.717) is 0 Å². The van der Waals surface area contributed by atoms with Gasteiger partial charge >= 0.3 is 0 Å². The van der Waals surface area contributed by atoms with E-state index in [9.17, 15) is 0 Å². The molecule has 62 valence electrons. The predicted molar refractivity (Wildman–Crippen MR) is 49.6 cm³/mol. The Balaban J connectivity index is 2.57. The van der Waals surface area contributed by atoms with Crippen LogP contribution in [0.5, 0.6) is 0 Å². The van der Waals surface area contributed by atoms with Crippen molar-refractivity contribution < 1.29 is 0 Å². The average Bonchev–Trinajstić information content (AvgIpc) is 2.03. The van der Waals surface area contributed by atoms with E-state index < -0.39 is 0 Å². The molecule has 1 rings (SSSR count). The van der Waals surface area contributed by atoms with Gasteiger partial charge in [-0.25, -0.2) is 0 Å². The minimum Gasteiger partial charge on any atom is -0.302 e. The fraction of sp³-hybridized carbons (Fsp3) is 0.600. The van der Waals surface area contributed by atoms with E-state index in [4.69, 9.17) is 0 Å². The minimum absolute atomic E-state index is 1.08. The lowest BCUT2D eigenvalue weighted by molar-refractivity contribution is 0.356. The standard InChI is InChI=1S/C10H17N/c1-4-9(2)10-6-5-7-11(3)8-10/h6H,2,4-5,7-8H2,1,3H3. The van der Waals surface area contributed by atoms with Gasteiger partial charge in [-0.1, -0.05) is 25.2 Å². The lowest BCUT2D eigenvalue weighted by Crippen LogP contribution is -2.25. The van der Waals surface area contributed by atoms with Crippen LogP contribution in [0.15, 0.2) is 23.8 Å². The highest BCUT2D eigenvalue weighted by molar-refractivity contribution is 5.30. The van der Waals surface area contributed by atoms with Crippen LogP contribution in [0.1, 0.15) is 19.8 Å². The quantitative estimate of drug-likeness (QED) is 0.585. The Hall–Kier alpha value is -0.560. The van der Waals surface area contributed by atoms with Gasteiger partial charge in [0.1, 0.15) is 0 Å². The summed E-state index contributed by atoms with van der Waals surface area (Å²) in [5, 5.41) is 0. The third kappa shape index (κ3) is 2.19. The van der Waals surface area contributed by atoms with Gasteiger partial charge < -0.3 is 4.90 Å². The summed E-state index contributed by atoms with van der Waals surface area (Å²) in [6, 6.07) is 0. The monoisotopic (exact) mass is 151 g/mol. The van der Waals surface area contributed by atoms with Gasteiger partial charge in [-0.2, -0.15) is 0 Å². The molecule has 1 nitrogen and oxygen atoms in total. The molecule has 0 saturated heterocycles. The Labute approximate surface area is 69.4 Å². The van der Waals surface area contributed by atoms with Crippen molar-refractivity contribution >= 4 is 0 Å². The summed E-state index contributed by atoms with van der Waals surface area (Å²) in [5.74, 6) is 0. The predicted octanol–water partition coefficient (Wildman–Crippen LogP) is 2.21. The molecule has 0 saturated carbocycles. The summed E-state index contributed by atoms with van der Waals surface area (Å²) in [6.07, 6.45) is 4.59. The summed E-state index contributed by atoms with van der Waals surface area (Å²) in [7, 11) is 2.16. The molecule has 1 heterocycles. The van der Waals surface area contributed by atoms with Gasteiger partial charge in [0.05, 0.1) is 0 Å². The molecular formula is C10H17N. The molecule has 0 aromatic rings. The highest BCUT2D eigenvalue weighted by Gasteiger charge is 2.09. The SMILES string of the molecule is C=C(CC)C1=CCCN(C)C1. The van der Waals surface area contributed by atoms with E-state index in [0.717, 1.165) is 13.0 Å². The molecule has 0 aliphatic carbocycles. The van der Waals surface area contributed by atoms with Gasteiger partial charge in [-0.3, -0.25) is 0 Å². The van der Waals surface area contributed by atoms with Crippen LogP contribution < -0.4 is 0 Å². The summed E-state index contributed by atoms with van der Waals surface area (Å²) in [6.45, 7) is 8.49. The van der Waals surface area contributed by atoms with Gasteiger partial charge in [0, 0.05) is 13.1 Å². The van der Waals surface area contributed by atoms with Crippen LogP contribution in [-0.4, -0.2) is 25.0 Å². The second-order valence-corrected chi connectivity index (χ2v) is 3.21. The zero-order chi connectivity index (χ0) is 8.27. The van der Waals surface area contributed by atoms with Gasteiger partial charge in [0.25, 0.3) is 0 Å². The Kier molecular flexibility index (Phi) is 2.89. The van der Waals surface area contributed by atoms with Crippen LogP contribution in [0.2, 0.25) is 0 Å². The number of hydrogen-bond donors (Lipinski definition) is 0. The topological polar surface area (TPSA) is 3.24 Å². The second-order valence-electron chi connectivity index (χ2n) is 3.21. The van der Waals surface area contributed by atoms with Crippen LogP contribution >= 0.6 is 0 Å². The second kappa shape index (κ2) is 3.72. The van der Waals surface area contributed by atoms with Crippen LogP contribution in [0, 0.1) is 0 Å². The van der Waals surface area contributed by atoms with E-state index in [2.05, 4.69) is 31.5 Å². The summed E-state index contributed by atoms with van der Waals surface area (Å²) in [5.41, 5.74) is 2.75. The molecule has 1 heteroatoms. The summed E-state index contributed by atoms with van der Waals surface area (Å²) in [4.78, 5) is 2.34. The Morgan fingerprint density at radius 1 is 1.73 bits per heavy atom. The maximum atomic E-state index is 4.04. The van der Waals surface area contributed by atoms with Gasteiger partial charge in [0.15, 0.2) is 0 Å². The molecule has 11 heavy (non-hydrogen) atoms. The van der Waals surface area contributed by atoms with Crippen molar-refractivity contribution in [3.8, 4) is 0 Å². The molecule has 0 aromatic heterocycles. The third-order valence-electron chi connectivity index (χ3n) is 2.22. The van der Waals surface area contributed by atoms with Gasteiger partial charge in [-0.15, -0.1) is 0 Å². The third-order valence-corrected chi connectivity index (χ3v) is 2.22. The van der Waals surface area contributed by atoms with Crippen molar-refractivity contribution in [1.82, 2.24) is 4.90 Å². The van der Waals surface area contributed by atoms with Crippen molar-refractivity contribution in [2.75, 3.05) is 20.1 Å². The van der Waals surface area contributed by atoms with Crippen molar-refractivity contribution in [2.24, 2.45) is 0 Å². The number of nitrogens with zero attached hydrogens (tertiary/aromatic N) is 1. The first-order chi connectivity index (χ1) is 5.24. The number of likely N-dealkylation sites (N-methyl/N-ethyl adjacent to an activating group) is 1. The molecule has 0 unspecified atom stereocenters. The fourth-order valence-electron chi connectivity index (χ4n) is 1.38. The summed E-state index contributed by atoms with van der Waals surface area (Å²) >= 11 is 0. The van der Waals surface area contributed by atoms with E-state index in [-0.39, 0.29) is 0 Å². The highest BCUT2D eigenvalue weighted by Crippen LogP contribution is 2.16. The Bertz CT molecular complexity index is 179. The van der Waals surface area contributed by atoms with Crippen molar-refractivity contribution in [3.05, 3.63) is 23.8 Å². The number of hydrogen-bond acceptors (Lipinski definition) is 1. The molecule has 0 atom stereocenters. The molecule has 1 aliphatic rings. The summed E-state index contributed by atoms with van der Waals surface area (Å²) < 4.78 is 0. The zero-order valence-corrected chi connectivity index (χ0v) is 7.56. The first-order valence-corrected chi connectivity index (χ1v) is 4.29. The first-order valence-electron chi connectivity index (χ1n) is 4.29. The van der Waals surface area contributed by atoms with Crippen LogP contribution in [0.3, 0.4) is 0 Å². The van der Waals surface area contributed by atoms with Gasteiger partial charge in [-0.05, 0) is 25.5 Å². The van der Waals surface area contributed by atoms with E-state index in [1.54, 1.807) is 0 Å². The molecule has 0 fully saturated rings. The van der Waals surface area contributed by atoms with Crippen LogP contribution in [-0.2, 0) is 0 Å². The largest absolute Gasteiger partial charge is 0.302 e. The lowest BCUT2D eigenvalue weighted by Gasteiger charge is -2.23. The maximum absolute atomic E-state index is 4.04. The molecule has 0 radical (unpaired) electrons. The van der Waals surface area contributed by atoms with E-state index >= 15 is 0 Å². The average molecular weight is 151 g/mol. The maximum Gasteiger partial charge on any atom is 0.0230 e. The zero-order valence-electron chi connectivity index (χ0n) is 7.56. The molecule has 0 N–H and O–H groups in total. The van der Waals surface area contributed by atoms with E-state index in [1.807, 2.05) is 0 Å². The smallest absolute Gasteiger partial charge is 0.0230 e. The Morgan fingerprint density at radius 3 is 3.00 bits per heavy atom. The van der Waals surface area contributed by atoms with Crippen molar-refractivity contribution in [2.45, 2.75) is 19.8 Å². The van der Waals surface area contributed by atoms with Crippen LogP contribution in [0.4, 0.5) is 0 Å². The lowest BCUT2D eigenvalue weighted by atomic mass is 10.0. The fourth-order valence-corrected chi connectivity index (χ4v) is 1.38. The number of rotatable bonds is 2. The van der Waals surface area contributed by atoms with Crippen molar-refractivity contribution in [1.29, 1.82) is 0 Å². The normalized spacial score (nSPS) is 19.6. The molecule has 0 bridgehead atoms. The molecule has 0 spiro atoms. The van der Waals surface area contributed by atoms with Crippen molar-refractivity contribution in [3.63, 3.8) is 0 Å². The molecule has 0 amide bonds. The van der Waals surface area contributed by atoms with Crippen LogP contribution in [0.25, 0.3) is 0 Å². The highest BCUT2D eigenvalue weighted by atomic mass is 15.1. The van der Waals surface area contributed by atoms with Gasteiger partial charge in [0.2, 0.25) is 0 Å². The van der Waals surface area contributed by atoms with E-state index in [1.165, 1.54) is 24.1 Å². The molecule has 1 aliphatic heterocycles. The molecular weight excluding hydrogens is 134 g/mol. The minimum atomic E-state index is 1.08. The first kappa shape index (κ1) is 8.54.